The first-order chi connectivity index (χ1) is 9.75. The van der Waals surface area contributed by atoms with Crippen molar-refractivity contribution in [3.8, 4) is 0 Å². The predicted molar refractivity (Wildman–Crippen MR) is 76.8 cm³/mol. The van der Waals surface area contributed by atoms with E-state index in [1.807, 2.05) is 0 Å². The zero-order valence-corrected chi connectivity index (χ0v) is 11.7. The largest absolute Gasteiger partial charge is 0.430 e. The van der Waals surface area contributed by atoms with Gasteiger partial charge in [0.1, 0.15) is 6.26 Å². The lowest BCUT2D eigenvalue weighted by Gasteiger charge is -2.16. The van der Waals surface area contributed by atoms with Crippen LogP contribution < -0.4 is 16.3 Å². The molecule has 1 aliphatic rings. The zero-order chi connectivity index (χ0) is 14.2. The molecule has 1 fully saturated rings. The summed E-state index contributed by atoms with van der Waals surface area (Å²) in [7, 11) is 0. The van der Waals surface area contributed by atoms with E-state index in [4.69, 9.17) is 0 Å². The van der Waals surface area contributed by atoms with Crippen molar-refractivity contribution in [2.45, 2.75) is 44.6 Å². The van der Waals surface area contributed by atoms with Gasteiger partial charge in [-0.3, -0.25) is 4.79 Å². The number of nitrogens with one attached hydrogen (secondary N) is 2. The topological polar surface area (TPSA) is 71.3 Å². The van der Waals surface area contributed by atoms with Gasteiger partial charge in [-0.15, -0.1) is 0 Å². The van der Waals surface area contributed by atoms with Crippen LogP contribution in [0.15, 0.2) is 27.6 Å². The van der Waals surface area contributed by atoms with Gasteiger partial charge in [0, 0.05) is 25.2 Å². The van der Waals surface area contributed by atoms with E-state index in [2.05, 4.69) is 15.1 Å². The van der Waals surface area contributed by atoms with Gasteiger partial charge in [0.2, 0.25) is 0 Å². The third-order valence-corrected chi connectivity index (χ3v) is 3.66. The Morgan fingerprint density at radius 1 is 1.15 bits per heavy atom. The van der Waals surface area contributed by atoms with Crippen molar-refractivity contribution >= 4 is 5.91 Å². The number of hydrogen-bond donors (Lipinski definition) is 2. The number of rotatable bonds is 5. The molecular weight excluding hydrogens is 256 g/mol. The minimum atomic E-state index is -0.448. The number of amides is 1. The summed E-state index contributed by atoms with van der Waals surface area (Å²) >= 11 is 0. The van der Waals surface area contributed by atoms with Crippen molar-refractivity contribution in [3.63, 3.8) is 0 Å². The first kappa shape index (κ1) is 14.8. The summed E-state index contributed by atoms with van der Waals surface area (Å²) in [6.45, 7) is 1.35. The molecule has 5 nitrogen and oxygen atoms in total. The highest BCUT2D eigenvalue weighted by Gasteiger charge is 2.11. The van der Waals surface area contributed by atoms with Crippen molar-refractivity contribution in [1.29, 1.82) is 0 Å². The van der Waals surface area contributed by atoms with Crippen LogP contribution in [0.25, 0.3) is 0 Å². The van der Waals surface area contributed by atoms with Gasteiger partial charge >= 0.3 is 5.63 Å². The molecule has 2 rings (SSSR count). The van der Waals surface area contributed by atoms with Crippen LogP contribution in [0.2, 0.25) is 0 Å². The fourth-order valence-corrected chi connectivity index (χ4v) is 2.53. The van der Waals surface area contributed by atoms with Crippen LogP contribution in [0.4, 0.5) is 0 Å². The third-order valence-electron chi connectivity index (χ3n) is 3.66. The number of carbonyl (C=O) groups is 1. The molecule has 0 saturated heterocycles. The van der Waals surface area contributed by atoms with E-state index >= 15 is 0 Å². The fraction of sp³-hybridized carbons (Fsp3) is 0.600. The summed E-state index contributed by atoms with van der Waals surface area (Å²) in [4.78, 5) is 22.6. The van der Waals surface area contributed by atoms with Crippen LogP contribution in [0.5, 0.6) is 0 Å². The van der Waals surface area contributed by atoms with E-state index in [0.717, 1.165) is 6.54 Å². The number of hydrogen-bond acceptors (Lipinski definition) is 4. The summed E-state index contributed by atoms with van der Waals surface area (Å²) in [6, 6.07) is 3.31. The Labute approximate surface area is 118 Å². The van der Waals surface area contributed by atoms with Crippen molar-refractivity contribution in [1.82, 2.24) is 10.6 Å². The zero-order valence-electron chi connectivity index (χ0n) is 11.7. The summed E-state index contributed by atoms with van der Waals surface area (Å²) in [5.74, 6) is -0.212. The van der Waals surface area contributed by atoms with Crippen LogP contribution in [-0.4, -0.2) is 25.0 Å². The Morgan fingerprint density at radius 3 is 2.55 bits per heavy atom. The van der Waals surface area contributed by atoms with Crippen LogP contribution in [-0.2, 0) is 0 Å². The van der Waals surface area contributed by atoms with E-state index in [0.29, 0.717) is 18.2 Å². The molecule has 0 atom stereocenters. The maximum Gasteiger partial charge on any atom is 0.335 e. The highest BCUT2D eigenvalue weighted by atomic mass is 16.4. The van der Waals surface area contributed by atoms with E-state index < -0.39 is 5.63 Å². The van der Waals surface area contributed by atoms with Gasteiger partial charge in [0.15, 0.2) is 0 Å². The monoisotopic (exact) mass is 278 g/mol. The van der Waals surface area contributed by atoms with Crippen LogP contribution in [0.1, 0.15) is 48.9 Å². The first-order valence-electron chi connectivity index (χ1n) is 7.36. The van der Waals surface area contributed by atoms with Crippen LogP contribution in [0, 0.1) is 0 Å². The average Bonchev–Trinajstić information content (AvgIpc) is 2.73. The Bertz CT molecular complexity index is 456. The van der Waals surface area contributed by atoms with E-state index in [1.54, 1.807) is 0 Å². The smallest absolute Gasteiger partial charge is 0.335 e. The summed E-state index contributed by atoms with van der Waals surface area (Å²) in [5.41, 5.74) is -0.0735. The Morgan fingerprint density at radius 2 is 1.90 bits per heavy atom. The second-order valence-corrected chi connectivity index (χ2v) is 5.24. The Balaban J connectivity index is 1.66. The highest BCUT2D eigenvalue weighted by Crippen LogP contribution is 2.16. The van der Waals surface area contributed by atoms with Gasteiger partial charge in [-0.25, -0.2) is 4.79 Å². The van der Waals surface area contributed by atoms with Gasteiger partial charge in [0.25, 0.3) is 5.91 Å². The van der Waals surface area contributed by atoms with Gasteiger partial charge in [0.05, 0.1) is 5.56 Å². The summed E-state index contributed by atoms with van der Waals surface area (Å²) in [5, 5.41) is 6.30. The SMILES string of the molecule is O=C(NCCNC1CCCCCC1)c1ccc(=O)oc1. The Kier molecular flexibility index (Phi) is 5.80. The molecule has 1 aromatic rings. The lowest BCUT2D eigenvalue weighted by molar-refractivity contribution is 0.0951. The van der Waals surface area contributed by atoms with Crippen LogP contribution >= 0.6 is 0 Å². The number of carbonyl (C=O) groups excluding carboxylic acids is 1. The van der Waals surface area contributed by atoms with E-state index in [-0.39, 0.29) is 5.91 Å². The minimum absolute atomic E-state index is 0.212. The Hall–Kier alpha value is -1.62. The normalized spacial score (nSPS) is 16.6. The van der Waals surface area contributed by atoms with Gasteiger partial charge < -0.3 is 15.1 Å². The molecule has 0 radical (unpaired) electrons. The van der Waals surface area contributed by atoms with Gasteiger partial charge in [-0.05, 0) is 18.9 Å². The van der Waals surface area contributed by atoms with E-state index in [9.17, 15) is 9.59 Å². The molecule has 1 saturated carbocycles. The summed E-state index contributed by atoms with van der Waals surface area (Å²) < 4.78 is 4.66. The molecule has 1 amide bonds. The molecule has 110 valence electrons. The second-order valence-electron chi connectivity index (χ2n) is 5.24. The molecule has 0 bridgehead atoms. The minimum Gasteiger partial charge on any atom is -0.430 e. The lowest BCUT2D eigenvalue weighted by Crippen LogP contribution is -2.36. The molecule has 0 aliphatic heterocycles. The first-order valence-corrected chi connectivity index (χ1v) is 7.36. The summed E-state index contributed by atoms with van der Waals surface area (Å²) in [6.07, 6.45) is 8.94. The highest BCUT2D eigenvalue weighted by molar-refractivity contribution is 5.93. The molecule has 20 heavy (non-hydrogen) atoms. The predicted octanol–water partition coefficient (Wildman–Crippen LogP) is 1.68. The molecule has 1 aromatic heterocycles. The fourth-order valence-electron chi connectivity index (χ4n) is 2.53. The molecule has 0 aromatic carbocycles. The quantitative estimate of drug-likeness (QED) is 0.635. The second kappa shape index (κ2) is 7.85. The average molecular weight is 278 g/mol. The van der Waals surface area contributed by atoms with Crippen molar-refractivity contribution in [3.05, 3.63) is 34.4 Å². The molecule has 5 heteroatoms. The molecule has 1 aliphatic carbocycles. The lowest BCUT2D eigenvalue weighted by atomic mass is 10.1. The molecule has 0 spiro atoms. The van der Waals surface area contributed by atoms with Gasteiger partial charge in [-0.2, -0.15) is 0 Å². The maximum atomic E-state index is 11.8. The van der Waals surface area contributed by atoms with Gasteiger partial charge in [-0.1, -0.05) is 25.7 Å². The van der Waals surface area contributed by atoms with E-state index in [1.165, 1.54) is 56.9 Å². The molecule has 1 heterocycles. The van der Waals surface area contributed by atoms with Crippen LogP contribution in [0.3, 0.4) is 0 Å². The molecule has 0 unspecified atom stereocenters. The molecular formula is C15H22N2O3. The third kappa shape index (κ3) is 4.81. The van der Waals surface area contributed by atoms with Crippen molar-refractivity contribution in [2.75, 3.05) is 13.1 Å². The molecule has 2 N–H and O–H groups in total. The maximum absolute atomic E-state index is 11.8. The standard InChI is InChI=1S/C15H22N2O3/c18-14-8-7-12(11-20-14)15(19)17-10-9-16-13-5-3-1-2-4-6-13/h7-8,11,13,16H,1-6,9-10H2,(H,17,19). The van der Waals surface area contributed by atoms with Crippen molar-refractivity contribution in [2.24, 2.45) is 0 Å². The van der Waals surface area contributed by atoms with Crippen molar-refractivity contribution < 1.29 is 9.21 Å².